The van der Waals surface area contributed by atoms with Crippen molar-refractivity contribution in [2.75, 3.05) is 0 Å². The molecule has 0 aliphatic rings. The molecule has 17 heavy (non-hydrogen) atoms. The summed E-state index contributed by atoms with van der Waals surface area (Å²) in [5, 5.41) is 3.82. The van der Waals surface area contributed by atoms with Crippen molar-refractivity contribution in [2.24, 2.45) is 10.8 Å². The Balaban J connectivity index is 2.89. The van der Waals surface area contributed by atoms with Crippen LogP contribution in [0.3, 0.4) is 0 Å². The van der Waals surface area contributed by atoms with Gasteiger partial charge >= 0.3 is 11.8 Å². The van der Waals surface area contributed by atoms with Crippen LogP contribution in [0.1, 0.15) is 23.6 Å². The summed E-state index contributed by atoms with van der Waals surface area (Å²) >= 11 is 0. The predicted molar refractivity (Wildman–Crippen MR) is 65.5 cm³/mol. The molecule has 0 spiro atoms. The summed E-state index contributed by atoms with van der Waals surface area (Å²) in [6.45, 7) is 5.70. The third kappa shape index (κ3) is 3.41. The fourth-order valence-corrected chi connectivity index (χ4v) is 1.47. The Morgan fingerprint density at radius 3 is 2.47 bits per heavy atom. The Morgan fingerprint density at radius 1 is 1.29 bits per heavy atom. The second-order valence-corrected chi connectivity index (χ2v) is 3.82. The van der Waals surface area contributed by atoms with E-state index in [4.69, 9.17) is 5.73 Å². The van der Waals surface area contributed by atoms with Crippen molar-refractivity contribution in [2.45, 2.75) is 20.8 Å². The third-order valence-electron chi connectivity index (χ3n) is 2.32. The number of carbonyl (C=O) groups excluding carboxylic acids is 2. The lowest BCUT2D eigenvalue weighted by atomic mass is 10.0. The maximum absolute atomic E-state index is 10.9. The predicted octanol–water partition coefficient (Wildman–Crippen LogP) is 0.629. The average Bonchev–Trinajstić information content (AvgIpc) is 2.25. The Bertz CT molecular complexity index is 493. The van der Waals surface area contributed by atoms with Gasteiger partial charge in [-0.25, -0.2) is 5.43 Å². The minimum Gasteiger partial charge on any atom is -0.361 e. The zero-order valence-corrected chi connectivity index (χ0v) is 10.1. The summed E-state index contributed by atoms with van der Waals surface area (Å²) in [6.07, 6.45) is 0. The van der Waals surface area contributed by atoms with E-state index in [1.807, 2.05) is 32.0 Å². The molecule has 0 aliphatic carbocycles. The number of hydrogen-bond donors (Lipinski definition) is 2. The molecular formula is C12H15N3O2. The number of primary amides is 1. The molecule has 0 saturated carbocycles. The number of rotatable bonds is 2. The van der Waals surface area contributed by atoms with E-state index in [-0.39, 0.29) is 0 Å². The molecule has 5 heteroatoms. The maximum atomic E-state index is 10.9. The summed E-state index contributed by atoms with van der Waals surface area (Å²) in [6, 6.07) is 5.89. The van der Waals surface area contributed by atoms with Gasteiger partial charge in [-0.05, 0) is 26.3 Å². The first-order valence-corrected chi connectivity index (χ1v) is 5.13. The van der Waals surface area contributed by atoms with Gasteiger partial charge in [-0.2, -0.15) is 5.10 Å². The normalized spacial score (nSPS) is 11.1. The highest BCUT2D eigenvalue weighted by Gasteiger charge is 2.07. The topological polar surface area (TPSA) is 84.6 Å². The van der Waals surface area contributed by atoms with Crippen molar-refractivity contribution >= 4 is 17.5 Å². The standard InChI is InChI=1S/C12H15N3O2/c1-7-4-5-10(8(2)6-7)9(3)14-15-12(17)11(13)16/h4-6H,1-3H3,(H2,13,16)(H,15,17)/b14-9+. The lowest BCUT2D eigenvalue weighted by Crippen LogP contribution is -2.33. The smallest absolute Gasteiger partial charge is 0.329 e. The Kier molecular flexibility index (Phi) is 3.98. The number of nitrogens with one attached hydrogen (secondary N) is 1. The van der Waals surface area contributed by atoms with Crippen LogP contribution in [0.15, 0.2) is 23.3 Å². The monoisotopic (exact) mass is 233 g/mol. The van der Waals surface area contributed by atoms with Gasteiger partial charge in [0.2, 0.25) is 0 Å². The zero-order valence-electron chi connectivity index (χ0n) is 10.1. The van der Waals surface area contributed by atoms with Crippen molar-refractivity contribution in [3.05, 3.63) is 34.9 Å². The van der Waals surface area contributed by atoms with Crippen LogP contribution >= 0.6 is 0 Å². The number of hydrazone groups is 1. The van der Waals surface area contributed by atoms with E-state index in [9.17, 15) is 9.59 Å². The Morgan fingerprint density at radius 2 is 1.94 bits per heavy atom. The molecule has 0 aliphatic heterocycles. The van der Waals surface area contributed by atoms with Crippen molar-refractivity contribution in [3.63, 3.8) is 0 Å². The lowest BCUT2D eigenvalue weighted by Gasteiger charge is -2.06. The summed E-state index contributed by atoms with van der Waals surface area (Å²) in [5.41, 5.74) is 10.6. The van der Waals surface area contributed by atoms with Crippen LogP contribution in [0.4, 0.5) is 0 Å². The lowest BCUT2D eigenvalue weighted by molar-refractivity contribution is -0.137. The van der Waals surface area contributed by atoms with Crippen LogP contribution in [-0.2, 0) is 9.59 Å². The van der Waals surface area contributed by atoms with Gasteiger partial charge in [0.25, 0.3) is 0 Å². The highest BCUT2D eigenvalue weighted by molar-refractivity contribution is 6.34. The van der Waals surface area contributed by atoms with Crippen molar-refractivity contribution in [3.8, 4) is 0 Å². The van der Waals surface area contributed by atoms with E-state index < -0.39 is 11.8 Å². The molecule has 1 aromatic rings. The largest absolute Gasteiger partial charge is 0.361 e. The molecule has 3 N–H and O–H groups in total. The van der Waals surface area contributed by atoms with E-state index in [1.165, 1.54) is 0 Å². The molecule has 0 fully saturated rings. The molecule has 0 saturated heterocycles. The number of nitrogens with zero attached hydrogens (tertiary/aromatic N) is 1. The number of hydrogen-bond acceptors (Lipinski definition) is 3. The van der Waals surface area contributed by atoms with Gasteiger partial charge in [-0.15, -0.1) is 0 Å². The number of benzene rings is 1. The quantitative estimate of drug-likeness (QED) is 0.446. The van der Waals surface area contributed by atoms with Gasteiger partial charge in [0.05, 0.1) is 5.71 Å². The molecule has 1 rings (SSSR count). The van der Waals surface area contributed by atoms with E-state index in [0.29, 0.717) is 5.71 Å². The molecule has 0 aromatic heterocycles. The zero-order chi connectivity index (χ0) is 13.0. The number of amides is 2. The van der Waals surface area contributed by atoms with Gasteiger partial charge in [0, 0.05) is 5.56 Å². The summed E-state index contributed by atoms with van der Waals surface area (Å²) in [4.78, 5) is 21.4. The molecule has 1 aromatic carbocycles. The highest BCUT2D eigenvalue weighted by Crippen LogP contribution is 2.11. The highest BCUT2D eigenvalue weighted by atomic mass is 16.2. The molecule has 90 valence electrons. The van der Waals surface area contributed by atoms with Crippen molar-refractivity contribution in [1.29, 1.82) is 0 Å². The van der Waals surface area contributed by atoms with E-state index in [2.05, 4.69) is 10.5 Å². The van der Waals surface area contributed by atoms with Gasteiger partial charge < -0.3 is 5.73 Å². The molecule has 0 radical (unpaired) electrons. The van der Waals surface area contributed by atoms with Gasteiger partial charge in [-0.1, -0.05) is 23.8 Å². The van der Waals surface area contributed by atoms with E-state index >= 15 is 0 Å². The SMILES string of the molecule is C/C(=N\NC(=O)C(N)=O)c1ccc(C)cc1C. The minimum absolute atomic E-state index is 0.622. The maximum Gasteiger partial charge on any atom is 0.329 e. The Hall–Kier alpha value is -2.17. The summed E-state index contributed by atoms with van der Waals surface area (Å²) in [7, 11) is 0. The number of nitrogens with two attached hydrogens (primary N) is 1. The summed E-state index contributed by atoms with van der Waals surface area (Å²) in [5.74, 6) is -1.98. The second kappa shape index (κ2) is 5.25. The fraction of sp³-hybridized carbons (Fsp3) is 0.250. The number of carbonyl (C=O) groups is 2. The van der Waals surface area contributed by atoms with Crippen LogP contribution in [-0.4, -0.2) is 17.5 Å². The van der Waals surface area contributed by atoms with Crippen LogP contribution < -0.4 is 11.2 Å². The first-order valence-electron chi connectivity index (χ1n) is 5.13. The van der Waals surface area contributed by atoms with Crippen LogP contribution in [0.2, 0.25) is 0 Å². The fourth-order valence-electron chi connectivity index (χ4n) is 1.47. The number of aryl methyl sites for hydroxylation is 2. The first kappa shape index (κ1) is 12.9. The Labute approximate surface area is 99.7 Å². The third-order valence-corrected chi connectivity index (χ3v) is 2.32. The summed E-state index contributed by atoms with van der Waals surface area (Å²) < 4.78 is 0. The molecule has 0 unspecified atom stereocenters. The van der Waals surface area contributed by atoms with E-state index in [1.54, 1.807) is 6.92 Å². The van der Waals surface area contributed by atoms with Crippen LogP contribution in [0.5, 0.6) is 0 Å². The van der Waals surface area contributed by atoms with Crippen molar-refractivity contribution in [1.82, 2.24) is 5.43 Å². The van der Waals surface area contributed by atoms with Gasteiger partial charge in [0.1, 0.15) is 0 Å². The van der Waals surface area contributed by atoms with Crippen molar-refractivity contribution < 1.29 is 9.59 Å². The average molecular weight is 233 g/mol. The molecule has 0 atom stereocenters. The van der Waals surface area contributed by atoms with E-state index in [0.717, 1.165) is 16.7 Å². The first-order chi connectivity index (χ1) is 7.91. The molecule has 5 nitrogen and oxygen atoms in total. The molecule has 2 amide bonds. The van der Waals surface area contributed by atoms with Crippen LogP contribution in [0.25, 0.3) is 0 Å². The molecule has 0 heterocycles. The molecular weight excluding hydrogens is 218 g/mol. The minimum atomic E-state index is -1.05. The van der Waals surface area contributed by atoms with Gasteiger partial charge in [-0.3, -0.25) is 9.59 Å². The van der Waals surface area contributed by atoms with Gasteiger partial charge in [0.15, 0.2) is 0 Å². The molecule has 0 bridgehead atoms. The van der Waals surface area contributed by atoms with Crippen LogP contribution in [0, 0.1) is 13.8 Å². The second-order valence-electron chi connectivity index (χ2n) is 3.82.